The van der Waals surface area contributed by atoms with Crippen LogP contribution in [0, 0.1) is 0 Å². The molecule has 0 atom stereocenters. The molecule has 1 aromatic carbocycles. The Morgan fingerprint density at radius 2 is 2.00 bits per heavy atom. The number of para-hydroxylation sites is 2. The van der Waals surface area contributed by atoms with Crippen LogP contribution < -0.4 is 14.8 Å². The largest absolute Gasteiger partial charge is 0.493 e. The summed E-state index contributed by atoms with van der Waals surface area (Å²) < 4.78 is 25.3. The topological polar surface area (TPSA) is 50.8 Å². The van der Waals surface area contributed by atoms with Gasteiger partial charge >= 0.3 is 0 Å². The number of benzene rings is 1. The number of ether oxygens (including phenoxy) is 2. The Bertz CT molecular complexity index is 476. The van der Waals surface area contributed by atoms with Crippen LogP contribution >= 0.6 is 0 Å². The van der Waals surface area contributed by atoms with Crippen molar-refractivity contribution < 1.29 is 18.7 Å². The Balaban J connectivity index is 1.66. The van der Waals surface area contributed by atoms with Crippen molar-refractivity contribution in [1.29, 1.82) is 0 Å². The fourth-order valence-electron chi connectivity index (χ4n) is 2.49. The summed E-state index contributed by atoms with van der Waals surface area (Å²) in [6, 6.07) is 7.43. The average molecular weight is 310 g/mol. The summed E-state index contributed by atoms with van der Waals surface area (Å²) in [6.07, 6.45) is 1.55. The Kier molecular flexibility index (Phi) is 6.00. The van der Waals surface area contributed by atoms with Crippen LogP contribution in [0.1, 0.15) is 12.8 Å². The van der Waals surface area contributed by atoms with E-state index in [4.69, 9.17) is 9.47 Å². The third-order valence-electron chi connectivity index (χ3n) is 3.89. The third-order valence-corrected chi connectivity index (χ3v) is 3.89. The van der Waals surface area contributed by atoms with Gasteiger partial charge in [-0.3, -0.25) is 4.79 Å². The molecule has 1 amide bonds. The van der Waals surface area contributed by atoms with Gasteiger partial charge in [0.1, 0.15) is 12.3 Å². The zero-order valence-electron chi connectivity index (χ0n) is 12.9. The van der Waals surface area contributed by atoms with Gasteiger partial charge in [-0.05, 0) is 12.1 Å². The molecular weight excluding hydrogens is 287 g/mol. The molecule has 1 aliphatic heterocycles. The van der Waals surface area contributed by atoms with Crippen LogP contribution in [0.5, 0.6) is 11.5 Å². The minimum atomic E-state index is -1.23. The van der Waals surface area contributed by atoms with E-state index in [2.05, 4.69) is 5.32 Å². The molecule has 2 rings (SSSR count). The van der Waals surface area contributed by atoms with Gasteiger partial charge in [-0.2, -0.15) is 0 Å². The number of alkyl halides is 1. The van der Waals surface area contributed by atoms with Crippen molar-refractivity contribution in [3.05, 3.63) is 24.3 Å². The summed E-state index contributed by atoms with van der Waals surface area (Å²) in [5, 5.41) is 3.09. The van der Waals surface area contributed by atoms with E-state index < -0.39 is 5.67 Å². The summed E-state index contributed by atoms with van der Waals surface area (Å²) >= 11 is 0. The second-order valence-electron chi connectivity index (χ2n) is 5.47. The van der Waals surface area contributed by atoms with Gasteiger partial charge in [0.15, 0.2) is 11.5 Å². The summed E-state index contributed by atoms with van der Waals surface area (Å²) in [4.78, 5) is 12.2. The van der Waals surface area contributed by atoms with Crippen molar-refractivity contribution in [3.8, 4) is 11.5 Å². The number of amides is 1. The van der Waals surface area contributed by atoms with E-state index in [1.807, 2.05) is 24.3 Å². The number of nitrogens with zero attached hydrogens (tertiary/aromatic N) is 1. The molecule has 1 heterocycles. The van der Waals surface area contributed by atoms with Crippen molar-refractivity contribution in [1.82, 2.24) is 10.2 Å². The number of rotatable bonds is 8. The number of carbonyl (C=O) groups is 1. The third kappa shape index (κ3) is 4.59. The molecule has 1 N–H and O–H groups in total. The average Bonchev–Trinajstić information content (AvgIpc) is 2.55. The van der Waals surface area contributed by atoms with Crippen molar-refractivity contribution >= 4 is 6.41 Å². The van der Waals surface area contributed by atoms with E-state index >= 15 is 0 Å². The summed E-state index contributed by atoms with van der Waals surface area (Å²) in [5.41, 5.74) is -1.23. The van der Waals surface area contributed by atoms with Gasteiger partial charge in [0.2, 0.25) is 6.41 Å². The fourth-order valence-corrected chi connectivity index (χ4v) is 2.49. The molecule has 5 nitrogen and oxygen atoms in total. The Hall–Kier alpha value is -1.82. The number of likely N-dealkylation sites (tertiary alicyclic amines) is 1. The number of nitrogens with one attached hydrogen (secondary N) is 1. The van der Waals surface area contributed by atoms with Gasteiger partial charge < -0.3 is 19.7 Å². The highest BCUT2D eigenvalue weighted by Gasteiger charge is 2.33. The van der Waals surface area contributed by atoms with E-state index in [9.17, 15) is 9.18 Å². The molecule has 6 heteroatoms. The molecule has 22 heavy (non-hydrogen) atoms. The van der Waals surface area contributed by atoms with Crippen LogP contribution in [-0.2, 0) is 4.79 Å². The monoisotopic (exact) mass is 310 g/mol. The normalized spacial score (nSPS) is 17.1. The van der Waals surface area contributed by atoms with Crippen LogP contribution in [0.2, 0.25) is 0 Å². The number of piperidine rings is 1. The molecule has 0 aromatic heterocycles. The molecule has 0 bridgehead atoms. The Labute approximate surface area is 130 Å². The highest BCUT2D eigenvalue weighted by Crippen LogP contribution is 2.26. The van der Waals surface area contributed by atoms with E-state index in [1.54, 1.807) is 12.0 Å². The van der Waals surface area contributed by atoms with Crippen molar-refractivity contribution in [2.24, 2.45) is 0 Å². The van der Waals surface area contributed by atoms with Crippen LogP contribution in [0.25, 0.3) is 0 Å². The smallest absolute Gasteiger partial charge is 0.209 e. The molecule has 0 saturated carbocycles. The van der Waals surface area contributed by atoms with Crippen molar-refractivity contribution in [2.75, 3.05) is 39.9 Å². The summed E-state index contributed by atoms with van der Waals surface area (Å²) in [7, 11) is 1.60. The number of methoxy groups -OCH3 is 1. The minimum Gasteiger partial charge on any atom is -0.493 e. The molecule has 1 aromatic rings. The lowest BCUT2D eigenvalue weighted by molar-refractivity contribution is -0.120. The van der Waals surface area contributed by atoms with E-state index in [-0.39, 0.29) is 6.54 Å². The molecule has 0 aliphatic carbocycles. The van der Waals surface area contributed by atoms with Crippen LogP contribution in [0.3, 0.4) is 0 Å². The second-order valence-corrected chi connectivity index (χ2v) is 5.47. The first-order chi connectivity index (χ1) is 10.7. The van der Waals surface area contributed by atoms with E-state index in [0.29, 0.717) is 50.6 Å². The van der Waals surface area contributed by atoms with Gasteiger partial charge in [0.25, 0.3) is 0 Å². The summed E-state index contributed by atoms with van der Waals surface area (Å²) in [6.45, 7) is 2.26. The van der Waals surface area contributed by atoms with Gasteiger partial charge in [-0.25, -0.2) is 4.39 Å². The number of hydrogen-bond acceptors (Lipinski definition) is 4. The molecular formula is C16H23FN2O3. The zero-order chi connectivity index (χ0) is 15.8. The maximum absolute atomic E-state index is 14.5. The van der Waals surface area contributed by atoms with Gasteiger partial charge in [-0.15, -0.1) is 0 Å². The number of halogens is 1. The lowest BCUT2D eigenvalue weighted by atomic mass is 9.93. The molecule has 122 valence electrons. The lowest BCUT2D eigenvalue weighted by Gasteiger charge is -2.34. The maximum Gasteiger partial charge on any atom is 0.209 e. The second kappa shape index (κ2) is 7.98. The van der Waals surface area contributed by atoms with E-state index in [0.717, 1.165) is 6.41 Å². The number of carbonyl (C=O) groups excluding carboxylic acids is 1. The molecule has 0 unspecified atom stereocenters. The molecule has 1 saturated heterocycles. The highest BCUT2D eigenvalue weighted by atomic mass is 19.1. The highest BCUT2D eigenvalue weighted by molar-refractivity contribution is 5.47. The SMILES string of the molecule is COc1ccccc1OCCNCC1(F)CCN(C=O)CC1. The molecule has 1 aliphatic rings. The van der Waals surface area contributed by atoms with Crippen molar-refractivity contribution in [3.63, 3.8) is 0 Å². The first-order valence-electron chi connectivity index (χ1n) is 7.52. The maximum atomic E-state index is 14.5. The minimum absolute atomic E-state index is 0.287. The quantitative estimate of drug-likeness (QED) is 0.586. The number of hydrogen-bond donors (Lipinski definition) is 1. The van der Waals surface area contributed by atoms with Crippen molar-refractivity contribution in [2.45, 2.75) is 18.5 Å². The summed E-state index contributed by atoms with van der Waals surface area (Å²) in [5.74, 6) is 1.37. The van der Waals surface area contributed by atoms with E-state index in [1.165, 1.54) is 0 Å². The van der Waals surface area contributed by atoms with Crippen LogP contribution in [-0.4, -0.2) is 56.9 Å². The molecule has 0 radical (unpaired) electrons. The molecule has 0 spiro atoms. The first kappa shape index (κ1) is 16.5. The van der Waals surface area contributed by atoms with Crippen LogP contribution in [0.15, 0.2) is 24.3 Å². The predicted molar refractivity (Wildman–Crippen MR) is 82.1 cm³/mol. The predicted octanol–water partition coefficient (Wildman–Crippen LogP) is 1.62. The zero-order valence-corrected chi connectivity index (χ0v) is 12.9. The molecule has 1 fully saturated rings. The van der Waals surface area contributed by atoms with Crippen LogP contribution in [0.4, 0.5) is 4.39 Å². The lowest BCUT2D eigenvalue weighted by Crippen LogP contribution is -2.47. The fraction of sp³-hybridized carbons (Fsp3) is 0.562. The van der Waals surface area contributed by atoms with Gasteiger partial charge in [-0.1, -0.05) is 12.1 Å². The first-order valence-corrected chi connectivity index (χ1v) is 7.52. The Morgan fingerprint density at radius 3 is 2.64 bits per heavy atom. The standard InChI is InChI=1S/C16H23FN2O3/c1-21-14-4-2-3-5-15(14)22-11-8-18-12-16(17)6-9-19(13-20)10-7-16/h2-5,13,18H,6-12H2,1H3. The Morgan fingerprint density at radius 1 is 1.32 bits per heavy atom. The van der Waals surface area contributed by atoms with Gasteiger partial charge in [0, 0.05) is 39.0 Å². The van der Waals surface area contributed by atoms with Gasteiger partial charge in [0.05, 0.1) is 7.11 Å².